The van der Waals surface area contributed by atoms with E-state index in [1.807, 2.05) is 44.2 Å². The van der Waals surface area contributed by atoms with E-state index in [1.54, 1.807) is 29.9 Å². The van der Waals surface area contributed by atoms with E-state index in [2.05, 4.69) is 9.98 Å². The molecule has 0 unspecified atom stereocenters. The Bertz CT molecular complexity index is 1220. The van der Waals surface area contributed by atoms with Gasteiger partial charge in [-0.25, -0.2) is 9.55 Å². The third kappa shape index (κ3) is 3.04. The largest absolute Gasteiger partial charge is 0.494 e. The molecule has 0 radical (unpaired) electrons. The van der Waals surface area contributed by atoms with Gasteiger partial charge in [0.2, 0.25) is 5.88 Å². The molecule has 27 heavy (non-hydrogen) atoms. The van der Waals surface area contributed by atoms with Gasteiger partial charge in [-0.2, -0.15) is 0 Å². The van der Waals surface area contributed by atoms with Gasteiger partial charge in [0.05, 0.1) is 11.3 Å². The second-order valence-electron chi connectivity index (χ2n) is 6.26. The molecule has 0 aliphatic heterocycles. The molecule has 1 N–H and O–H groups in total. The lowest BCUT2D eigenvalue weighted by molar-refractivity contribution is 0.436. The normalized spacial score (nSPS) is 11.5. The number of aryl methyl sites for hydroxylation is 2. The van der Waals surface area contributed by atoms with E-state index in [4.69, 9.17) is 0 Å². The first-order chi connectivity index (χ1) is 13.1. The number of aliphatic imine (C=N–C) groups is 1. The van der Waals surface area contributed by atoms with Crippen LogP contribution in [0.5, 0.6) is 5.88 Å². The van der Waals surface area contributed by atoms with E-state index in [-0.39, 0.29) is 11.4 Å². The van der Waals surface area contributed by atoms with Crippen molar-refractivity contribution in [3.8, 4) is 11.0 Å². The van der Waals surface area contributed by atoms with Gasteiger partial charge in [0.15, 0.2) is 5.13 Å². The molecule has 0 saturated heterocycles. The highest BCUT2D eigenvalue weighted by Crippen LogP contribution is 2.27. The highest BCUT2D eigenvalue weighted by atomic mass is 32.1. The zero-order chi connectivity index (χ0) is 19.0. The molecule has 2 aromatic carbocycles. The zero-order valence-electron chi connectivity index (χ0n) is 14.9. The molecule has 2 heterocycles. The van der Waals surface area contributed by atoms with Crippen LogP contribution in [0, 0.1) is 13.8 Å². The lowest BCUT2D eigenvalue weighted by Gasteiger charge is -2.11. The van der Waals surface area contributed by atoms with Crippen molar-refractivity contribution >= 4 is 34.0 Å². The lowest BCUT2D eigenvalue weighted by atomic mass is 10.1. The molecule has 134 valence electrons. The summed E-state index contributed by atoms with van der Waals surface area (Å²) in [5.41, 5.74) is 3.31. The van der Waals surface area contributed by atoms with Crippen LogP contribution in [0.4, 0.5) is 5.69 Å². The summed E-state index contributed by atoms with van der Waals surface area (Å²) < 4.78 is 1.23. The van der Waals surface area contributed by atoms with Gasteiger partial charge in [-0.05, 0) is 43.2 Å². The first-order valence-corrected chi connectivity index (χ1v) is 9.32. The van der Waals surface area contributed by atoms with Gasteiger partial charge in [-0.3, -0.25) is 9.79 Å². The molecule has 5 nitrogen and oxygen atoms in total. The maximum absolute atomic E-state index is 12.9. The number of benzene rings is 2. The average Bonchev–Trinajstić information content (AvgIpc) is 3.19. The minimum Gasteiger partial charge on any atom is -0.494 e. The fourth-order valence-electron chi connectivity index (χ4n) is 2.94. The van der Waals surface area contributed by atoms with E-state index in [0.717, 1.165) is 11.3 Å². The Morgan fingerprint density at radius 1 is 1.11 bits per heavy atom. The van der Waals surface area contributed by atoms with Gasteiger partial charge in [0, 0.05) is 28.6 Å². The van der Waals surface area contributed by atoms with Gasteiger partial charge in [-0.1, -0.05) is 24.3 Å². The van der Waals surface area contributed by atoms with Crippen LogP contribution in [0.2, 0.25) is 0 Å². The molecule has 6 heteroatoms. The maximum Gasteiger partial charge on any atom is 0.267 e. The molecule has 0 bridgehead atoms. The third-order valence-electron chi connectivity index (χ3n) is 4.55. The van der Waals surface area contributed by atoms with E-state index < -0.39 is 0 Å². The molecule has 0 aliphatic rings. The summed E-state index contributed by atoms with van der Waals surface area (Å²) in [6.45, 7) is 4.08. The maximum atomic E-state index is 12.9. The quantitative estimate of drug-likeness (QED) is 0.535. The summed E-state index contributed by atoms with van der Waals surface area (Å²) in [6.07, 6.45) is 3.20. The number of fused-ring (bicyclic) bond motifs is 1. The van der Waals surface area contributed by atoms with Crippen LogP contribution in [0.3, 0.4) is 0 Å². The molecule has 0 aliphatic carbocycles. The predicted octanol–water partition coefficient (Wildman–Crippen LogP) is 4.52. The van der Waals surface area contributed by atoms with Gasteiger partial charge < -0.3 is 5.11 Å². The Morgan fingerprint density at radius 3 is 2.59 bits per heavy atom. The van der Waals surface area contributed by atoms with Crippen molar-refractivity contribution in [2.75, 3.05) is 0 Å². The number of pyridine rings is 1. The Kier molecular flexibility index (Phi) is 4.33. The Hall–Kier alpha value is -3.25. The first kappa shape index (κ1) is 17.2. The molecular formula is C21H17N3O2S. The molecule has 2 aromatic heterocycles. The fourth-order valence-corrected chi connectivity index (χ4v) is 3.58. The van der Waals surface area contributed by atoms with Crippen molar-refractivity contribution in [2.45, 2.75) is 13.8 Å². The van der Waals surface area contributed by atoms with Gasteiger partial charge in [-0.15, -0.1) is 11.3 Å². The lowest BCUT2D eigenvalue weighted by Crippen LogP contribution is -2.19. The van der Waals surface area contributed by atoms with E-state index >= 15 is 0 Å². The summed E-state index contributed by atoms with van der Waals surface area (Å²) in [5.74, 6) is -0.166. The molecule has 4 rings (SSSR count). The second-order valence-corrected chi connectivity index (χ2v) is 7.14. The summed E-state index contributed by atoms with van der Waals surface area (Å²) in [4.78, 5) is 21.6. The van der Waals surface area contributed by atoms with Crippen LogP contribution in [-0.2, 0) is 0 Å². The van der Waals surface area contributed by atoms with E-state index in [9.17, 15) is 9.90 Å². The second kappa shape index (κ2) is 6.81. The third-order valence-corrected chi connectivity index (χ3v) is 5.30. The number of aromatic nitrogens is 2. The Balaban J connectivity index is 1.95. The van der Waals surface area contributed by atoms with Crippen molar-refractivity contribution in [1.82, 2.24) is 9.55 Å². The molecule has 0 spiro atoms. The van der Waals surface area contributed by atoms with Crippen molar-refractivity contribution in [2.24, 2.45) is 4.99 Å². The molecule has 0 saturated carbocycles. The minimum absolute atomic E-state index is 0.166. The predicted molar refractivity (Wildman–Crippen MR) is 110 cm³/mol. The number of aromatic hydroxyl groups is 1. The van der Waals surface area contributed by atoms with Crippen LogP contribution in [-0.4, -0.2) is 20.9 Å². The Morgan fingerprint density at radius 2 is 1.89 bits per heavy atom. The average molecular weight is 375 g/mol. The highest BCUT2D eigenvalue weighted by Gasteiger charge is 2.17. The van der Waals surface area contributed by atoms with E-state index in [0.29, 0.717) is 21.5 Å². The standard InChI is InChI=1S/C21H17N3O2S/c1-13-7-8-15(11-14(13)2)23-12-18-16-5-3-4-6-17(16)19(25)24(20(18)26)21-22-9-10-27-21/h3-12,26H,1-2H3. The van der Waals surface area contributed by atoms with Gasteiger partial charge in [0.25, 0.3) is 5.56 Å². The van der Waals surface area contributed by atoms with Crippen molar-refractivity contribution < 1.29 is 5.11 Å². The molecule has 0 amide bonds. The van der Waals surface area contributed by atoms with E-state index in [1.165, 1.54) is 21.5 Å². The fraction of sp³-hybridized carbons (Fsp3) is 0.0952. The molecule has 0 fully saturated rings. The number of nitrogens with zero attached hydrogens (tertiary/aromatic N) is 3. The first-order valence-electron chi connectivity index (χ1n) is 8.44. The number of thiazole rings is 1. The highest BCUT2D eigenvalue weighted by molar-refractivity contribution is 7.12. The monoisotopic (exact) mass is 375 g/mol. The summed E-state index contributed by atoms with van der Waals surface area (Å²) in [7, 11) is 0. The smallest absolute Gasteiger partial charge is 0.267 e. The number of hydrogen-bond acceptors (Lipinski definition) is 5. The van der Waals surface area contributed by atoms with Crippen LogP contribution in [0.15, 0.2) is 63.8 Å². The minimum atomic E-state index is -0.304. The van der Waals surface area contributed by atoms with Crippen LogP contribution < -0.4 is 5.56 Å². The number of hydrogen-bond donors (Lipinski definition) is 1. The van der Waals surface area contributed by atoms with Crippen molar-refractivity contribution in [3.05, 3.63) is 81.1 Å². The molecule has 4 aromatic rings. The number of rotatable bonds is 3. The van der Waals surface area contributed by atoms with Gasteiger partial charge >= 0.3 is 0 Å². The zero-order valence-corrected chi connectivity index (χ0v) is 15.7. The SMILES string of the molecule is Cc1ccc(N=Cc2c(O)n(-c3nccs3)c(=O)c3ccccc23)cc1C. The topological polar surface area (TPSA) is 67.5 Å². The van der Waals surface area contributed by atoms with Crippen LogP contribution in [0.1, 0.15) is 16.7 Å². The molecule has 0 atom stereocenters. The molecular weight excluding hydrogens is 358 g/mol. The van der Waals surface area contributed by atoms with Gasteiger partial charge in [0.1, 0.15) is 0 Å². The van der Waals surface area contributed by atoms with Crippen molar-refractivity contribution in [3.63, 3.8) is 0 Å². The summed E-state index contributed by atoms with van der Waals surface area (Å²) >= 11 is 1.29. The van der Waals surface area contributed by atoms with Crippen LogP contribution in [0.25, 0.3) is 15.9 Å². The summed E-state index contributed by atoms with van der Waals surface area (Å²) in [5, 5.41) is 14.2. The summed E-state index contributed by atoms with van der Waals surface area (Å²) in [6, 6.07) is 13.1. The van der Waals surface area contributed by atoms with Crippen LogP contribution >= 0.6 is 11.3 Å². The van der Waals surface area contributed by atoms with Crippen molar-refractivity contribution in [1.29, 1.82) is 0 Å². The Labute approximate surface area is 159 Å².